The number of hydrogen-bond donors (Lipinski definition) is 1. The summed E-state index contributed by atoms with van der Waals surface area (Å²) in [5.41, 5.74) is 5.86. The van der Waals surface area contributed by atoms with E-state index >= 15 is 0 Å². The fraction of sp³-hybridized carbons (Fsp3) is 0.294. The molecule has 5 heteroatoms. The van der Waals surface area contributed by atoms with E-state index in [0.29, 0.717) is 0 Å². The Kier molecular flexibility index (Phi) is 8.91. The van der Waals surface area contributed by atoms with E-state index in [0.717, 1.165) is 35.4 Å². The topological polar surface area (TPSA) is 40.0 Å². The van der Waals surface area contributed by atoms with Crippen molar-refractivity contribution in [2.45, 2.75) is 6.42 Å². The SMILES string of the molecule is C=CC(C=CC=NCCCBr)=NNc1ccc(N(C)C)cc1. The number of anilines is 2. The summed E-state index contributed by atoms with van der Waals surface area (Å²) in [4.78, 5) is 6.31. The first-order valence-electron chi connectivity index (χ1n) is 7.13. The highest BCUT2D eigenvalue weighted by Gasteiger charge is 1.95. The molecule has 0 bridgehead atoms. The number of rotatable bonds is 9. The number of halogens is 1. The fourth-order valence-electron chi connectivity index (χ4n) is 1.54. The monoisotopic (exact) mass is 362 g/mol. The van der Waals surface area contributed by atoms with Crippen LogP contribution in [-0.4, -0.2) is 37.9 Å². The van der Waals surface area contributed by atoms with Crippen LogP contribution in [0.1, 0.15) is 6.42 Å². The zero-order chi connectivity index (χ0) is 16.2. The molecule has 4 nitrogen and oxygen atoms in total. The van der Waals surface area contributed by atoms with Crippen molar-refractivity contribution >= 4 is 39.2 Å². The molecule has 0 aliphatic carbocycles. The fourth-order valence-corrected chi connectivity index (χ4v) is 1.79. The number of nitrogens with one attached hydrogen (secondary N) is 1. The molecule has 0 saturated heterocycles. The quantitative estimate of drug-likeness (QED) is 0.310. The van der Waals surface area contributed by atoms with Gasteiger partial charge in [-0.05, 0) is 48.9 Å². The molecule has 0 aliphatic heterocycles. The van der Waals surface area contributed by atoms with Crippen LogP contribution in [0.15, 0.2) is 59.2 Å². The average molecular weight is 363 g/mol. The molecule has 0 spiro atoms. The zero-order valence-corrected chi connectivity index (χ0v) is 14.8. The third-order valence-electron chi connectivity index (χ3n) is 2.79. The first-order valence-corrected chi connectivity index (χ1v) is 8.25. The summed E-state index contributed by atoms with van der Waals surface area (Å²) in [5.74, 6) is 0. The van der Waals surface area contributed by atoms with Gasteiger partial charge >= 0.3 is 0 Å². The maximum absolute atomic E-state index is 4.30. The van der Waals surface area contributed by atoms with Crippen LogP contribution in [-0.2, 0) is 0 Å². The van der Waals surface area contributed by atoms with Crippen LogP contribution < -0.4 is 10.3 Å². The lowest BCUT2D eigenvalue weighted by Crippen LogP contribution is -2.08. The molecule has 0 atom stereocenters. The second kappa shape index (κ2) is 10.8. The highest BCUT2D eigenvalue weighted by Crippen LogP contribution is 2.15. The second-order valence-electron chi connectivity index (χ2n) is 4.75. The van der Waals surface area contributed by atoms with Gasteiger partial charge in [-0.3, -0.25) is 10.4 Å². The summed E-state index contributed by atoms with van der Waals surface area (Å²) < 4.78 is 0. The largest absolute Gasteiger partial charge is 0.378 e. The van der Waals surface area contributed by atoms with E-state index in [1.807, 2.05) is 50.5 Å². The lowest BCUT2D eigenvalue weighted by atomic mass is 10.3. The Balaban J connectivity index is 2.55. The van der Waals surface area contributed by atoms with Gasteiger partial charge in [-0.15, -0.1) is 0 Å². The van der Waals surface area contributed by atoms with Gasteiger partial charge in [0, 0.05) is 37.9 Å². The minimum Gasteiger partial charge on any atom is -0.378 e. The molecule has 0 amide bonds. The third kappa shape index (κ3) is 7.22. The number of aliphatic imine (C=N–C) groups is 1. The second-order valence-corrected chi connectivity index (χ2v) is 5.54. The van der Waals surface area contributed by atoms with E-state index in [9.17, 15) is 0 Å². The van der Waals surface area contributed by atoms with Crippen molar-refractivity contribution in [2.75, 3.05) is 36.3 Å². The van der Waals surface area contributed by atoms with E-state index in [-0.39, 0.29) is 0 Å². The maximum Gasteiger partial charge on any atom is 0.0828 e. The first kappa shape index (κ1) is 18.2. The van der Waals surface area contributed by atoms with Crippen LogP contribution in [0, 0.1) is 0 Å². The normalized spacial score (nSPS) is 12.0. The Morgan fingerprint density at radius 1 is 1.32 bits per heavy atom. The Bertz CT molecular complexity index is 530. The molecule has 0 radical (unpaired) electrons. The number of allylic oxidation sites excluding steroid dienone is 3. The minimum atomic E-state index is 0.753. The number of benzene rings is 1. The van der Waals surface area contributed by atoms with Gasteiger partial charge in [-0.1, -0.05) is 22.5 Å². The van der Waals surface area contributed by atoms with E-state index in [1.165, 1.54) is 0 Å². The van der Waals surface area contributed by atoms with Crippen LogP contribution in [0.2, 0.25) is 0 Å². The van der Waals surface area contributed by atoms with E-state index < -0.39 is 0 Å². The highest BCUT2D eigenvalue weighted by molar-refractivity contribution is 9.09. The van der Waals surface area contributed by atoms with Gasteiger partial charge in [0.05, 0.1) is 11.4 Å². The van der Waals surface area contributed by atoms with Crippen LogP contribution in [0.5, 0.6) is 0 Å². The van der Waals surface area contributed by atoms with Crippen molar-refractivity contribution in [3.05, 3.63) is 49.1 Å². The summed E-state index contributed by atoms with van der Waals surface area (Å²) in [5, 5.41) is 5.28. The van der Waals surface area contributed by atoms with E-state index in [4.69, 9.17) is 0 Å². The van der Waals surface area contributed by atoms with Gasteiger partial charge in [-0.2, -0.15) is 5.10 Å². The number of alkyl halides is 1. The zero-order valence-electron chi connectivity index (χ0n) is 13.2. The molecule has 0 aromatic heterocycles. The van der Waals surface area contributed by atoms with Crippen molar-refractivity contribution < 1.29 is 0 Å². The van der Waals surface area contributed by atoms with Gasteiger partial charge < -0.3 is 4.90 Å². The smallest absolute Gasteiger partial charge is 0.0828 e. The molecule has 0 fully saturated rings. The summed E-state index contributed by atoms with van der Waals surface area (Å²) in [6.07, 6.45) is 8.26. The van der Waals surface area contributed by atoms with Gasteiger partial charge in [-0.25, -0.2) is 0 Å². The Labute approximate surface area is 141 Å². The van der Waals surface area contributed by atoms with Gasteiger partial charge in [0.2, 0.25) is 0 Å². The lowest BCUT2D eigenvalue weighted by molar-refractivity contribution is 0.955. The summed E-state index contributed by atoms with van der Waals surface area (Å²) in [6, 6.07) is 8.06. The van der Waals surface area contributed by atoms with Crippen LogP contribution in [0.4, 0.5) is 11.4 Å². The molecular formula is C17H23BrN4. The van der Waals surface area contributed by atoms with E-state index in [2.05, 4.69) is 42.9 Å². The average Bonchev–Trinajstić information content (AvgIpc) is 2.54. The Hall–Kier alpha value is -1.88. The van der Waals surface area contributed by atoms with Crippen molar-refractivity contribution in [2.24, 2.45) is 10.1 Å². The van der Waals surface area contributed by atoms with Crippen LogP contribution >= 0.6 is 15.9 Å². The molecule has 1 aromatic carbocycles. The van der Waals surface area contributed by atoms with Crippen molar-refractivity contribution in [1.29, 1.82) is 0 Å². The highest BCUT2D eigenvalue weighted by atomic mass is 79.9. The summed E-state index contributed by atoms with van der Waals surface area (Å²) in [7, 11) is 4.03. The van der Waals surface area contributed by atoms with Crippen molar-refractivity contribution in [1.82, 2.24) is 0 Å². The van der Waals surface area contributed by atoms with Crippen molar-refractivity contribution in [3.8, 4) is 0 Å². The molecule has 1 N–H and O–H groups in total. The molecule has 0 aliphatic rings. The van der Waals surface area contributed by atoms with Crippen LogP contribution in [0.3, 0.4) is 0 Å². The van der Waals surface area contributed by atoms with Gasteiger partial charge in [0.25, 0.3) is 0 Å². The Morgan fingerprint density at radius 3 is 2.64 bits per heavy atom. The molecule has 1 rings (SSSR count). The Morgan fingerprint density at radius 2 is 2.05 bits per heavy atom. The lowest BCUT2D eigenvalue weighted by Gasteiger charge is -2.12. The number of hydrazone groups is 1. The van der Waals surface area contributed by atoms with Gasteiger partial charge in [0.15, 0.2) is 0 Å². The molecule has 0 saturated carbocycles. The summed E-state index contributed by atoms with van der Waals surface area (Å²) >= 11 is 3.37. The summed E-state index contributed by atoms with van der Waals surface area (Å²) in [6.45, 7) is 4.59. The van der Waals surface area contributed by atoms with Crippen LogP contribution in [0.25, 0.3) is 0 Å². The maximum atomic E-state index is 4.30. The van der Waals surface area contributed by atoms with Gasteiger partial charge in [0.1, 0.15) is 0 Å². The predicted molar refractivity (Wildman–Crippen MR) is 103 cm³/mol. The molecule has 118 valence electrons. The molecule has 1 aromatic rings. The molecule has 0 heterocycles. The predicted octanol–water partition coefficient (Wildman–Crippen LogP) is 4.12. The molecule has 22 heavy (non-hydrogen) atoms. The third-order valence-corrected chi connectivity index (χ3v) is 3.35. The molecular weight excluding hydrogens is 340 g/mol. The van der Waals surface area contributed by atoms with E-state index in [1.54, 1.807) is 12.3 Å². The number of hydrogen-bond acceptors (Lipinski definition) is 4. The standard InChI is InChI=1S/C17H23BrN4/c1-4-15(7-5-13-19-14-6-12-18)20-21-16-8-10-17(11-9-16)22(2)3/h4-5,7-11,13,21H,1,6,12,14H2,2-3H3. The first-order chi connectivity index (χ1) is 10.7. The molecule has 0 unspecified atom stereocenters. The van der Waals surface area contributed by atoms with Crippen molar-refractivity contribution in [3.63, 3.8) is 0 Å². The number of nitrogens with zero attached hydrogens (tertiary/aromatic N) is 3. The minimum absolute atomic E-state index is 0.753.